The molecule has 4 nitrogen and oxygen atoms in total. The van der Waals surface area contributed by atoms with Gasteiger partial charge in [-0.05, 0) is 32.0 Å². The molecule has 0 aliphatic carbocycles. The quantitative estimate of drug-likeness (QED) is 0.912. The summed E-state index contributed by atoms with van der Waals surface area (Å²) in [4.78, 5) is 18.7. The normalized spacial score (nSPS) is 10.9. The Balaban J connectivity index is 2.45. The smallest absolute Gasteiger partial charge is 0.254 e. The van der Waals surface area contributed by atoms with Gasteiger partial charge in [0.15, 0.2) is 0 Å². The van der Waals surface area contributed by atoms with E-state index in [0.717, 1.165) is 10.9 Å². The Kier molecular flexibility index (Phi) is 4.12. The van der Waals surface area contributed by atoms with Gasteiger partial charge in [-0.15, -0.1) is 0 Å². The van der Waals surface area contributed by atoms with Crippen molar-refractivity contribution in [2.75, 3.05) is 13.1 Å². The minimum absolute atomic E-state index is 0.0130. The highest BCUT2D eigenvalue weighted by atomic mass is 16.2. The van der Waals surface area contributed by atoms with Gasteiger partial charge in [-0.1, -0.05) is 12.1 Å². The Morgan fingerprint density at radius 1 is 1.32 bits per heavy atom. The number of carbonyl (C=O) groups is 1. The zero-order valence-electron chi connectivity index (χ0n) is 11.3. The monoisotopic (exact) mass is 257 g/mol. The molecule has 0 unspecified atom stereocenters. The molecule has 0 fully saturated rings. The van der Waals surface area contributed by atoms with Gasteiger partial charge in [0.25, 0.3) is 5.91 Å². The average Bonchev–Trinajstić information content (AvgIpc) is 2.43. The molecular weight excluding hydrogens is 238 g/mol. The Morgan fingerprint density at radius 2 is 2.11 bits per heavy atom. The summed E-state index contributed by atoms with van der Waals surface area (Å²) in [7, 11) is 0. The van der Waals surface area contributed by atoms with E-state index in [2.05, 4.69) is 4.98 Å². The molecule has 2 N–H and O–H groups in total. The van der Waals surface area contributed by atoms with E-state index in [0.29, 0.717) is 18.7 Å². The number of hydrogen-bond acceptors (Lipinski definition) is 3. The second-order valence-corrected chi connectivity index (χ2v) is 4.76. The van der Waals surface area contributed by atoms with Crippen molar-refractivity contribution < 1.29 is 4.79 Å². The molecule has 0 aliphatic rings. The van der Waals surface area contributed by atoms with Crippen LogP contribution in [0.3, 0.4) is 0 Å². The van der Waals surface area contributed by atoms with E-state index in [9.17, 15) is 4.79 Å². The summed E-state index contributed by atoms with van der Waals surface area (Å²) in [5, 5.41) is 0.887. The highest BCUT2D eigenvalue weighted by molar-refractivity contribution is 6.06. The fourth-order valence-electron chi connectivity index (χ4n) is 2.18. The number of hydrogen-bond donors (Lipinski definition) is 1. The van der Waals surface area contributed by atoms with Crippen LogP contribution in [0, 0.1) is 0 Å². The van der Waals surface area contributed by atoms with Crippen LogP contribution in [-0.2, 0) is 0 Å². The SMILES string of the molecule is CC(C)N(CCN)C(=O)c1cccc2ncccc12. The number of amides is 1. The maximum Gasteiger partial charge on any atom is 0.254 e. The van der Waals surface area contributed by atoms with E-state index < -0.39 is 0 Å². The lowest BCUT2D eigenvalue weighted by molar-refractivity contribution is 0.0714. The van der Waals surface area contributed by atoms with Crippen molar-refractivity contribution in [1.82, 2.24) is 9.88 Å². The molecule has 0 saturated heterocycles. The molecule has 0 spiro atoms. The van der Waals surface area contributed by atoms with Gasteiger partial charge in [-0.2, -0.15) is 0 Å². The van der Waals surface area contributed by atoms with Gasteiger partial charge in [0.1, 0.15) is 0 Å². The average molecular weight is 257 g/mol. The first kappa shape index (κ1) is 13.5. The molecule has 1 heterocycles. The van der Waals surface area contributed by atoms with E-state index in [1.807, 2.05) is 44.2 Å². The van der Waals surface area contributed by atoms with Crippen molar-refractivity contribution in [2.45, 2.75) is 19.9 Å². The van der Waals surface area contributed by atoms with Crippen LogP contribution in [0.2, 0.25) is 0 Å². The third kappa shape index (κ3) is 2.74. The summed E-state index contributed by atoms with van der Waals surface area (Å²) in [6.07, 6.45) is 1.73. The number of rotatable bonds is 4. The molecule has 1 aromatic heterocycles. The van der Waals surface area contributed by atoms with Gasteiger partial charge in [-0.3, -0.25) is 9.78 Å². The minimum atomic E-state index is 0.0130. The second-order valence-electron chi connectivity index (χ2n) is 4.76. The van der Waals surface area contributed by atoms with Crippen LogP contribution in [0.25, 0.3) is 10.9 Å². The maximum atomic E-state index is 12.6. The van der Waals surface area contributed by atoms with Crippen LogP contribution in [0.15, 0.2) is 36.5 Å². The van der Waals surface area contributed by atoms with Crippen molar-refractivity contribution in [3.05, 3.63) is 42.1 Å². The maximum absolute atomic E-state index is 12.6. The molecule has 0 atom stereocenters. The lowest BCUT2D eigenvalue weighted by Gasteiger charge is -2.26. The molecule has 100 valence electrons. The molecule has 0 radical (unpaired) electrons. The summed E-state index contributed by atoms with van der Waals surface area (Å²) in [5.74, 6) is 0.0130. The topological polar surface area (TPSA) is 59.2 Å². The molecule has 1 amide bonds. The Bertz CT molecular complexity index is 575. The van der Waals surface area contributed by atoms with E-state index in [-0.39, 0.29) is 11.9 Å². The molecule has 19 heavy (non-hydrogen) atoms. The zero-order valence-corrected chi connectivity index (χ0v) is 11.3. The Labute approximate surface area is 113 Å². The van der Waals surface area contributed by atoms with Gasteiger partial charge in [0, 0.05) is 36.3 Å². The lowest BCUT2D eigenvalue weighted by Crippen LogP contribution is -2.40. The number of pyridine rings is 1. The van der Waals surface area contributed by atoms with Crippen LogP contribution >= 0.6 is 0 Å². The largest absolute Gasteiger partial charge is 0.335 e. The van der Waals surface area contributed by atoms with Gasteiger partial charge < -0.3 is 10.6 Å². The second kappa shape index (κ2) is 5.80. The van der Waals surface area contributed by atoms with Crippen molar-refractivity contribution >= 4 is 16.8 Å². The molecule has 0 bridgehead atoms. The summed E-state index contributed by atoms with van der Waals surface area (Å²) < 4.78 is 0. The Hall–Kier alpha value is -1.94. The molecular formula is C15H19N3O. The summed E-state index contributed by atoms with van der Waals surface area (Å²) in [6.45, 7) is 5.02. The lowest BCUT2D eigenvalue weighted by atomic mass is 10.1. The van der Waals surface area contributed by atoms with Crippen LogP contribution in [-0.4, -0.2) is 34.9 Å². The molecule has 0 saturated carbocycles. The fraction of sp³-hybridized carbons (Fsp3) is 0.333. The van der Waals surface area contributed by atoms with Crippen LogP contribution < -0.4 is 5.73 Å². The summed E-state index contributed by atoms with van der Waals surface area (Å²) >= 11 is 0. The summed E-state index contributed by atoms with van der Waals surface area (Å²) in [6, 6.07) is 9.53. The first-order valence-electron chi connectivity index (χ1n) is 6.50. The molecule has 2 aromatic rings. The van der Waals surface area contributed by atoms with Crippen molar-refractivity contribution in [3.8, 4) is 0 Å². The number of nitrogens with zero attached hydrogens (tertiary/aromatic N) is 2. The highest BCUT2D eigenvalue weighted by Gasteiger charge is 2.19. The first-order chi connectivity index (χ1) is 9.15. The van der Waals surface area contributed by atoms with Crippen LogP contribution in [0.5, 0.6) is 0 Å². The zero-order chi connectivity index (χ0) is 13.8. The standard InChI is InChI=1S/C15H19N3O/c1-11(2)18(10-8-16)15(19)13-5-3-7-14-12(13)6-4-9-17-14/h3-7,9,11H,8,10,16H2,1-2H3. The summed E-state index contributed by atoms with van der Waals surface area (Å²) in [5.41, 5.74) is 7.12. The molecule has 4 heteroatoms. The third-order valence-electron chi connectivity index (χ3n) is 3.13. The third-order valence-corrected chi connectivity index (χ3v) is 3.13. The highest BCUT2D eigenvalue weighted by Crippen LogP contribution is 2.19. The van der Waals surface area contributed by atoms with Crippen LogP contribution in [0.4, 0.5) is 0 Å². The predicted octanol–water partition coefficient (Wildman–Crippen LogP) is 2.04. The number of fused-ring (bicyclic) bond motifs is 1. The van der Waals surface area contributed by atoms with Gasteiger partial charge >= 0.3 is 0 Å². The van der Waals surface area contributed by atoms with Gasteiger partial charge in [0.05, 0.1) is 5.52 Å². The van der Waals surface area contributed by atoms with Crippen molar-refractivity contribution in [2.24, 2.45) is 5.73 Å². The van der Waals surface area contributed by atoms with Crippen molar-refractivity contribution in [1.29, 1.82) is 0 Å². The van der Waals surface area contributed by atoms with E-state index >= 15 is 0 Å². The molecule has 2 rings (SSSR count). The number of carbonyl (C=O) groups excluding carboxylic acids is 1. The fourth-order valence-corrected chi connectivity index (χ4v) is 2.18. The Morgan fingerprint density at radius 3 is 2.79 bits per heavy atom. The van der Waals surface area contributed by atoms with Gasteiger partial charge in [-0.25, -0.2) is 0 Å². The number of benzene rings is 1. The number of nitrogens with two attached hydrogens (primary N) is 1. The molecule has 1 aromatic carbocycles. The first-order valence-corrected chi connectivity index (χ1v) is 6.50. The minimum Gasteiger partial charge on any atom is -0.335 e. The molecule has 0 aliphatic heterocycles. The van der Waals surface area contributed by atoms with Crippen LogP contribution in [0.1, 0.15) is 24.2 Å². The predicted molar refractivity (Wildman–Crippen MR) is 77.0 cm³/mol. The van der Waals surface area contributed by atoms with E-state index in [1.54, 1.807) is 11.1 Å². The van der Waals surface area contributed by atoms with E-state index in [1.165, 1.54) is 0 Å². The number of aromatic nitrogens is 1. The van der Waals surface area contributed by atoms with Crippen molar-refractivity contribution in [3.63, 3.8) is 0 Å². The van der Waals surface area contributed by atoms with E-state index in [4.69, 9.17) is 5.73 Å². The van der Waals surface area contributed by atoms with Gasteiger partial charge in [0.2, 0.25) is 0 Å².